The summed E-state index contributed by atoms with van der Waals surface area (Å²) >= 11 is 6.02. The summed E-state index contributed by atoms with van der Waals surface area (Å²) in [6, 6.07) is 17.1. The zero-order valence-electron chi connectivity index (χ0n) is 16.3. The summed E-state index contributed by atoms with van der Waals surface area (Å²) in [7, 11) is -2.78. The normalized spacial score (nSPS) is 17.3. The summed E-state index contributed by atoms with van der Waals surface area (Å²) < 4.78 is 29.5. The monoisotopic (exact) mass is 447 g/mol. The fourth-order valence-corrected chi connectivity index (χ4v) is 4.03. The molecule has 2 N–H and O–H groups in total. The number of likely N-dealkylation sites (N-methyl/N-ethyl adjacent to an activating group) is 1. The van der Waals surface area contributed by atoms with E-state index in [0.29, 0.717) is 17.9 Å². The van der Waals surface area contributed by atoms with Crippen molar-refractivity contribution in [1.82, 2.24) is 9.31 Å². The van der Waals surface area contributed by atoms with Crippen molar-refractivity contribution >= 4 is 39.6 Å². The molecule has 8 nitrogen and oxygen atoms in total. The molecule has 2 aromatic rings. The van der Waals surface area contributed by atoms with Crippen molar-refractivity contribution in [2.45, 2.75) is 5.92 Å². The highest BCUT2D eigenvalue weighted by molar-refractivity contribution is 7.87. The molecule has 0 aromatic heterocycles. The number of hydrogen-bond acceptors (Lipinski definition) is 5. The van der Waals surface area contributed by atoms with Gasteiger partial charge in [0.2, 0.25) is 0 Å². The van der Waals surface area contributed by atoms with E-state index in [1.165, 1.54) is 12.1 Å². The second kappa shape index (κ2) is 9.48. The standard InChI is InChI=1S/C20H22ClN5O3S/c1-25(11-12-27)30(28,29)24-19(13-22)26-14-18(15-5-3-2-4-6-15)20(23-26)16-7-9-17(21)10-8-16/h2-10,12,18H,11,13-14,22H2,1H3/b24-19+. The van der Waals surface area contributed by atoms with Gasteiger partial charge in [-0.25, -0.2) is 5.01 Å². The number of nitrogens with zero attached hydrogens (tertiary/aromatic N) is 4. The van der Waals surface area contributed by atoms with Crippen molar-refractivity contribution in [3.8, 4) is 0 Å². The smallest absolute Gasteiger partial charge is 0.324 e. The molecule has 0 bridgehead atoms. The van der Waals surface area contributed by atoms with Crippen molar-refractivity contribution in [3.63, 3.8) is 0 Å². The van der Waals surface area contributed by atoms with Crippen molar-refractivity contribution in [2.24, 2.45) is 15.2 Å². The second-order valence-electron chi connectivity index (χ2n) is 6.67. The Balaban J connectivity index is 2.01. The summed E-state index contributed by atoms with van der Waals surface area (Å²) in [5, 5.41) is 6.77. The number of hydrazone groups is 1. The number of halogens is 1. The predicted molar refractivity (Wildman–Crippen MR) is 118 cm³/mol. The van der Waals surface area contributed by atoms with E-state index >= 15 is 0 Å². The van der Waals surface area contributed by atoms with Crippen LogP contribution in [-0.2, 0) is 15.0 Å². The van der Waals surface area contributed by atoms with E-state index in [4.69, 9.17) is 17.3 Å². The molecule has 1 heterocycles. The van der Waals surface area contributed by atoms with E-state index in [9.17, 15) is 13.2 Å². The molecule has 1 aliphatic rings. The first-order valence-corrected chi connectivity index (χ1v) is 11.0. The molecule has 158 valence electrons. The lowest BCUT2D eigenvalue weighted by molar-refractivity contribution is -0.107. The Labute approximate surface area is 180 Å². The maximum atomic E-state index is 12.4. The molecule has 0 spiro atoms. The maximum absolute atomic E-state index is 12.4. The number of aldehydes is 1. The van der Waals surface area contributed by atoms with Gasteiger partial charge in [0.15, 0.2) is 5.84 Å². The molecule has 0 saturated heterocycles. The van der Waals surface area contributed by atoms with Crippen LogP contribution in [0.25, 0.3) is 0 Å². The van der Waals surface area contributed by atoms with E-state index in [1.807, 2.05) is 42.5 Å². The Hall–Kier alpha value is -2.59. The first-order valence-electron chi connectivity index (χ1n) is 9.21. The molecule has 0 amide bonds. The molecular formula is C20H22ClN5O3S. The van der Waals surface area contributed by atoms with E-state index in [0.717, 1.165) is 21.1 Å². The Morgan fingerprint density at radius 1 is 1.27 bits per heavy atom. The van der Waals surface area contributed by atoms with Gasteiger partial charge in [-0.15, -0.1) is 4.40 Å². The molecule has 0 aliphatic carbocycles. The zero-order valence-corrected chi connectivity index (χ0v) is 17.9. The first-order chi connectivity index (χ1) is 14.4. The molecule has 0 saturated carbocycles. The third-order valence-electron chi connectivity index (χ3n) is 4.68. The number of nitrogens with two attached hydrogens (primary N) is 1. The van der Waals surface area contributed by atoms with Gasteiger partial charge in [0.05, 0.1) is 25.3 Å². The van der Waals surface area contributed by atoms with Gasteiger partial charge in [0.1, 0.15) is 6.29 Å². The molecular weight excluding hydrogens is 426 g/mol. The topological polar surface area (TPSA) is 108 Å². The van der Waals surface area contributed by atoms with Crippen LogP contribution in [0, 0.1) is 0 Å². The molecule has 1 aliphatic heterocycles. The molecule has 0 fully saturated rings. The highest BCUT2D eigenvalue weighted by atomic mass is 35.5. The van der Waals surface area contributed by atoms with Crippen LogP contribution in [0.4, 0.5) is 0 Å². The van der Waals surface area contributed by atoms with Crippen molar-refractivity contribution in [3.05, 3.63) is 70.7 Å². The lowest BCUT2D eigenvalue weighted by Gasteiger charge is -2.18. The summed E-state index contributed by atoms with van der Waals surface area (Å²) in [6.45, 7) is -0.0480. The van der Waals surface area contributed by atoms with E-state index < -0.39 is 10.2 Å². The van der Waals surface area contributed by atoms with Crippen molar-refractivity contribution < 1.29 is 13.2 Å². The fourth-order valence-electron chi connectivity index (χ4n) is 3.08. The highest BCUT2D eigenvalue weighted by Gasteiger charge is 2.32. The number of rotatable bonds is 7. The summed E-state index contributed by atoms with van der Waals surface area (Å²) in [6.07, 6.45) is 0.493. The maximum Gasteiger partial charge on any atom is 0.324 e. The third kappa shape index (κ3) is 4.93. The predicted octanol–water partition coefficient (Wildman–Crippen LogP) is 1.88. The number of hydrogen-bond donors (Lipinski definition) is 1. The molecule has 1 unspecified atom stereocenters. The van der Waals surface area contributed by atoms with E-state index in [1.54, 1.807) is 12.1 Å². The Kier molecular flexibility index (Phi) is 6.99. The van der Waals surface area contributed by atoms with E-state index in [-0.39, 0.29) is 24.8 Å². The average molecular weight is 448 g/mol. The van der Waals surface area contributed by atoms with Gasteiger partial charge in [-0.2, -0.15) is 17.8 Å². The number of carbonyl (C=O) groups is 1. The third-order valence-corrected chi connectivity index (χ3v) is 6.31. The van der Waals surface area contributed by atoms with Gasteiger partial charge in [-0.1, -0.05) is 54.1 Å². The first kappa shape index (κ1) is 22.1. The highest BCUT2D eigenvalue weighted by Crippen LogP contribution is 2.29. The van der Waals surface area contributed by atoms with Gasteiger partial charge in [-0.05, 0) is 23.3 Å². The molecule has 3 rings (SSSR count). The lowest BCUT2D eigenvalue weighted by Crippen LogP contribution is -2.35. The van der Waals surface area contributed by atoms with Gasteiger partial charge in [0.25, 0.3) is 0 Å². The van der Waals surface area contributed by atoms with Crippen LogP contribution in [0.15, 0.2) is 64.1 Å². The SMILES string of the molecule is CN(CC=O)S(=O)(=O)/N=C(\CN)N1CC(c2ccccc2)C(c2ccc(Cl)cc2)=N1. The van der Waals surface area contributed by atoms with Crippen LogP contribution in [0.5, 0.6) is 0 Å². The van der Waals surface area contributed by atoms with Crippen LogP contribution in [0.2, 0.25) is 5.02 Å². The van der Waals surface area contributed by atoms with Gasteiger partial charge < -0.3 is 10.5 Å². The second-order valence-corrected chi connectivity index (χ2v) is 8.81. The number of benzene rings is 2. The molecule has 30 heavy (non-hydrogen) atoms. The lowest BCUT2D eigenvalue weighted by atomic mass is 9.91. The number of amidine groups is 1. The number of carbonyl (C=O) groups excluding carboxylic acids is 1. The van der Waals surface area contributed by atoms with Crippen molar-refractivity contribution in [2.75, 3.05) is 26.7 Å². The zero-order chi connectivity index (χ0) is 21.7. The summed E-state index contributed by atoms with van der Waals surface area (Å²) in [5.41, 5.74) is 8.47. The van der Waals surface area contributed by atoms with Crippen LogP contribution in [0.3, 0.4) is 0 Å². The summed E-state index contributed by atoms with van der Waals surface area (Å²) in [4.78, 5) is 10.7. The molecule has 2 aromatic carbocycles. The average Bonchev–Trinajstić information content (AvgIpc) is 3.18. The van der Waals surface area contributed by atoms with Crippen LogP contribution >= 0.6 is 11.6 Å². The quantitative estimate of drug-likeness (QED) is 0.396. The van der Waals surface area contributed by atoms with Crippen LogP contribution in [-0.4, -0.2) is 62.2 Å². The largest absolute Gasteiger partial charge is 0.324 e. The molecule has 1 atom stereocenters. The molecule has 10 heteroatoms. The minimum absolute atomic E-state index is 0.0950. The van der Waals surface area contributed by atoms with E-state index in [2.05, 4.69) is 9.50 Å². The minimum Gasteiger partial charge on any atom is -0.324 e. The van der Waals surface area contributed by atoms with Crippen LogP contribution < -0.4 is 5.73 Å². The van der Waals surface area contributed by atoms with Gasteiger partial charge in [-0.3, -0.25) is 0 Å². The minimum atomic E-state index is -4.06. The Bertz CT molecular complexity index is 1060. The summed E-state index contributed by atoms with van der Waals surface area (Å²) in [5.74, 6) is -0.0165. The van der Waals surface area contributed by atoms with Crippen LogP contribution in [0.1, 0.15) is 17.0 Å². The fraction of sp³-hybridized carbons (Fsp3) is 0.250. The molecule has 0 radical (unpaired) electrons. The Morgan fingerprint density at radius 3 is 2.53 bits per heavy atom. The Morgan fingerprint density at radius 2 is 1.93 bits per heavy atom. The van der Waals surface area contributed by atoms with Gasteiger partial charge in [0, 0.05) is 18.0 Å². The van der Waals surface area contributed by atoms with Crippen molar-refractivity contribution in [1.29, 1.82) is 0 Å². The van der Waals surface area contributed by atoms with Gasteiger partial charge >= 0.3 is 10.2 Å².